The zero-order valence-electron chi connectivity index (χ0n) is 13.4. The van der Waals surface area contributed by atoms with Crippen molar-refractivity contribution in [2.75, 3.05) is 26.2 Å². The van der Waals surface area contributed by atoms with E-state index >= 15 is 0 Å². The quantitative estimate of drug-likeness (QED) is 0.777. The highest BCUT2D eigenvalue weighted by Gasteiger charge is 2.48. The number of piperidine rings is 1. The molecule has 4 atom stereocenters. The van der Waals surface area contributed by atoms with Crippen LogP contribution in [-0.4, -0.2) is 43.0 Å². The molecule has 0 aromatic rings. The van der Waals surface area contributed by atoms with Gasteiger partial charge in [0, 0.05) is 19.4 Å². The summed E-state index contributed by atoms with van der Waals surface area (Å²) in [6, 6.07) is 0. The van der Waals surface area contributed by atoms with Gasteiger partial charge in [-0.2, -0.15) is 0 Å². The van der Waals surface area contributed by atoms with E-state index in [-0.39, 0.29) is 5.79 Å². The van der Waals surface area contributed by atoms with Gasteiger partial charge in [0.1, 0.15) is 0 Å². The molecular weight excluding hydrogens is 262 g/mol. The van der Waals surface area contributed by atoms with Crippen molar-refractivity contribution in [3.05, 3.63) is 0 Å². The summed E-state index contributed by atoms with van der Waals surface area (Å²) in [4.78, 5) is 2.59. The van der Waals surface area contributed by atoms with E-state index in [1.807, 2.05) is 0 Å². The molecule has 0 unspecified atom stereocenters. The SMILES string of the molecule is C1CCN(C[C@@H]2CO[C@]3(CC[C@H]4CCCC[C@@H]4C3)O2)CC1. The Kier molecular flexibility index (Phi) is 4.25. The van der Waals surface area contributed by atoms with Crippen LogP contribution in [0.2, 0.25) is 0 Å². The normalized spacial score (nSPS) is 44.9. The van der Waals surface area contributed by atoms with Crippen LogP contribution in [0.15, 0.2) is 0 Å². The van der Waals surface area contributed by atoms with Gasteiger partial charge in [0.25, 0.3) is 0 Å². The monoisotopic (exact) mass is 293 g/mol. The Morgan fingerprint density at radius 3 is 2.57 bits per heavy atom. The van der Waals surface area contributed by atoms with Crippen molar-refractivity contribution in [3.63, 3.8) is 0 Å². The number of likely N-dealkylation sites (tertiary alicyclic amines) is 1. The van der Waals surface area contributed by atoms with E-state index in [9.17, 15) is 0 Å². The minimum Gasteiger partial charge on any atom is -0.347 e. The predicted octanol–water partition coefficient (Wildman–Crippen LogP) is 3.57. The molecule has 0 bridgehead atoms. The molecule has 2 saturated heterocycles. The molecule has 2 aliphatic carbocycles. The topological polar surface area (TPSA) is 21.7 Å². The van der Waals surface area contributed by atoms with E-state index in [0.29, 0.717) is 6.10 Å². The summed E-state index contributed by atoms with van der Waals surface area (Å²) in [5.74, 6) is 1.65. The molecule has 120 valence electrons. The molecule has 2 heterocycles. The Labute approximate surface area is 129 Å². The van der Waals surface area contributed by atoms with Crippen LogP contribution in [0.5, 0.6) is 0 Å². The van der Waals surface area contributed by atoms with Crippen LogP contribution in [0.1, 0.15) is 64.2 Å². The van der Waals surface area contributed by atoms with E-state index in [1.54, 1.807) is 0 Å². The number of ether oxygens (including phenoxy) is 2. The maximum absolute atomic E-state index is 6.48. The molecule has 0 radical (unpaired) electrons. The molecule has 1 spiro atoms. The fourth-order valence-electron chi connectivity index (χ4n) is 5.21. The van der Waals surface area contributed by atoms with Gasteiger partial charge < -0.3 is 14.4 Å². The highest BCUT2D eigenvalue weighted by molar-refractivity contribution is 4.92. The lowest BCUT2D eigenvalue weighted by Gasteiger charge is -2.43. The van der Waals surface area contributed by atoms with Crippen LogP contribution in [0, 0.1) is 11.8 Å². The van der Waals surface area contributed by atoms with Crippen molar-refractivity contribution in [2.24, 2.45) is 11.8 Å². The fraction of sp³-hybridized carbons (Fsp3) is 1.00. The van der Waals surface area contributed by atoms with Crippen LogP contribution in [0.4, 0.5) is 0 Å². The Morgan fingerprint density at radius 1 is 0.905 bits per heavy atom. The average molecular weight is 293 g/mol. The first kappa shape index (κ1) is 14.5. The first-order valence-electron chi connectivity index (χ1n) is 9.37. The van der Waals surface area contributed by atoms with E-state index in [0.717, 1.165) is 31.4 Å². The zero-order valence-corrected chi connectivity index (χ0v) is 13.4. The van der Waals surface area contributed by atoms with Gasteiger partial charge in [-0.3, -0.25) is 0 Å². The van der Waals surface area contributed by atoms with Crippen molar-refractivity contribution in [2.45, 2.75) is 76.1 Å². The molecule has 4 aliphatic rings. The number of rotatable bonds is 2. The lowest BCUT2D eigenvalue weighted by molar-refractivity contribution is -0.208. The molecule has 0 amide bonds. The summed E-state index contributed by atoms with van der Waals surface area (Å²) in [6.45, 7) is 4.44. The summed E-state index contributed by atoms with van der Waals surface area (Å²) in [7, 11) is 0. The summed E-state index contributed by atoms with van der Waals surface area (Å²) < 4.78 is 12.7. The van der Waals surface area contributed by atoms with E-state index in [1.165, 1.54) is 70.9 Å². The molecule has 3 nitrogen and oxygen atoms in total. The fourth-order valence-corrected chi connectivity index (χ4v) is 5.21. The van der Waals surface area contributed by atoms with E-state index in [2.05, 4.69) is 4.90 Å². The third kappa shape index (κ3) is 3.16. The van der Waals surface area contributed by atoms with Crippen molar-refractivity contribution in [3.8, 4) is 0 Å². The summed E-state index contributed by atoms with van der Waals surface area (Å²) in [5.41, 5.74) is 0. The zero-order chi connectivity index (χ0) is 14.1. The van der Waals surface area contributed by atoms with Crippen LogP contribution < -0.4 is 0 Å². The van der Waals surface area contributed by atoms with Gasteiger partial charge in [-0.05, 0) is 50.6 Å². The molecule has 0 N–H and O–H groups in total. The standard InChI is InChI=1S/C18H31NO2/c1-4-10-19(11-5-1)13-17-14-20-18(21-17)9-8-15-6-2-3-7-16(15)12-18/h15-17H,1-14H2/t15-,16-,17-,18-/m1/s1. The lowest BCUT2D eigenvalue weighted by atomic mass is 9.69. The first-order valence-corrected chi connectivity index (χ1v) is 9.37. The average Bonchev–Trinajstić information content (AvgIpc) is 2.90. The largest absolute Gasteiger partial charge is 0.347 e. The maximum atomic E-state index is 6.48. The molecule has 0 aromatic carbocycles. The molecule has 2 aliphatic heterocycles. The summed E-state index contributed by atoms with van der Waals surface area (Å²) in [6.07, 6.45) is 13.9. The van der Waals surface area contributed by atoms with Crippen molar-refractivity contribution in [1.29, 1.82) is 0 Å². The number of nitrogens with zero attached hydrogens (tertiary/aromatic N) is 1. The molecule has 21 heavy (non-hydrogen) atoms. The van der Waals surface area contributed by atoms with Gasteiger partial charge in [0.15, 0.2) is 5.79 Å². The number of fused-ring (bicyclic) bond motifs is 1. The lowest BCUT2D eigenvalue weighted by Crippen LogP contribution is -2.43. The molecule has 4 rings (SSSR count). The highest BCUT2D eigenvalue weighted by Crippen LogP contribution is 2.48. The van der Waals surface area contributed by atoms with Crippen LogP contribution in [0.25, 0.3) is 0 Å². The molecular formula is C18H31NO2. The van der Waals surface area contributed by atoms with Gasteiger partial charge >= 0.3 is 0 Å². The Balaban J connectivity index is 1.32. The first-order chi connectivity index (χ1) is 10.3. The third-order valence-electron chi connectivity index (χ3n) is 6.36. The second-order valence-electron chi connectivity index (χ2n) is 7.87. The van der Waals surface area contributed by atoms with E-state index < -0.39 is 0 Å². The second-order valence-corrected chi connectivity index (χ2v) is 7.87. The second kappa shape index (κ2) is 6.17. The molecule has 2 saturated carbocycles. The van der Waals surface area contributed by atoms with Crippen molar-refractivity contribution >= 4 is 0 Å². The molecule has 3 heteroatoms. The maximum Gasteiger partial charge on any atom is 0.169 e. The van der Waals surface area contributed by atoms with Crippen molar-refractivity contribution < 1.29 is 9.47 Å². The van der Waals surface area contributed by atoms with Gasteiger partial charge in [-0.1, -0.05) is 25.7 Å². The minimum absolute atomic E-state index is 0.195. The highest BCUT2D eigenvalue weighted by atomic mass is 16.7. The smallest absolute Gasteiger partial charge is 0.169 e. The Hall–Kier alpha value is -0.120. The minimum atomic E-state index is -0.195. The third-order valence-corrected chi connectivity index (χ3v) is 6.36. The Morgan fingerprint density at radius 2 is 1.71 bits per heavy atom. The number of hydrogen-bond acceptors (Lipinski definition) is 3. The Bertz CT molecular complexity index is 355. The predicted molar refractivity (Wildman–Crippen MR) is 83.1 cm³/mol. The molecule has 0 aromatic heterocycles. The number of hydrogen-bond donors (Lipinski definition) is 0. The van der Waals surface area contributed by atoms with Crippen molar-refractivity contribution in [1.82, 2.24) is 4.90 Å². The van der Waals surface area contributed by atoms with Gasteiger partial charge in [-0.15, -0.1) is 0 Å². The van der Waals surface area contributed by atoms with Gasteiger partial charge in [-0.25, -0.2) is 0 Å². The van der Waals surface area contributed by atoms with Crippen LogP contribution >= 0.6 is 0 Å². The summed E-state index contributed by atoms with van der Waals surface area (Å²) in [5, 5.41) is 0. The summed E-state index contributed by atoms with van der Waals surface area (Å²) >= 11 is 0. The van der Waals surface area contributed by atoms with Gasteiger partial charge in [0.05, 0.1) is 12.7 Å². The molecule has 4 fully saturated rings. The van der Waals surface area contributed by atoms with E-state index in [4.69, 9.17) is 9.47 Å². The van der Waals surface area contributed by atoms with Crippen LogP contribution in [-0.2, 0) is 9.47 Å². The van der Waals surface area contributed by atoms with Crippen LogP contribution in [0.3, 0.4) is 0 Å². The van der Waals surface area contributed by atoms with Gasteiger partial charge in [0.2, 0.25) is 0 Å².